The lowest BCUT2D eigenvalue weighted by molar-refractivity contribution is -0.132. The molecule has 3 aromatic rings. The number of carbonyl (C=O) groups is 2. The summed E-state index contributed by atoms with van der Waals surface area (Å²) >= 11 is 3.39. The number of rotatable bonds is 5. The number of hydrogen-bond donors (Lipinski definition) is 2. The maximum Gasteiger partial charge on any atom is 0.331 e. The average molecular weight is 442 g/mol. The van der Waals surface area contributed by atoms with Gasteiger partial charge in [0.05, 0.1) is 5.69 Å². The van der Waals surface area contributed by atoms with Crippen molar-refractivity contribution >= 4 is 50.3 Å². The molecule has 0 fully saturated rings. The Hall–Kier alpha value is -2.99. The van der Waals surface area contributed by atoms with E-state index in [1.807, 2.05) is 30.3 Å². The van der Waals surface area contributed by atoms with Gasteiger partial charge in [-0.2, -0.15) is 0 Å². The van der Waals surface area contributed by atoms with Crippen molar-refractivity contribution in [3.8, 4) is 0 Å². The third kappa shape index (κ3) is 4.28. The van der Waals surface area contributed by atoms with Gasteiger partial charge in [0.1, 0.15) is 5.82 Å². The molecule has 142 valence electrons. The minimum absolute atomic E-state index is 0.0105. The molecule has 0 atom stereocenters. The summed E-state index contributed by atoms with van der Waals surface area (Å²) < 4.78 is 15.0. The first-order valence-corrected chi connectivity index (χ1v) is 9.41. The highest BCUT2D eigenvalue weighted by molar-refractivity contribution is 9.10. The first kappa shape index (κ1) is 19.8. The van der Waals surface area contributed by atoms with Crippen molar-refractivity contribution in [3.05, 3.63) is 81.6 Å². The Bertz CT molecular complexity index is 1110. The highest BCUT2D eigenvalue weighted by atomic mass is 79.9. The highest BCUT2D eigenvalue weighted by Gasteiger charge is 2.14. The second-order valence-corrected chi connectivity index (χ2v) is 7.11. The van der Waals surface area contributed by atoms with Crippen LogP contribution in [0.4, 0.5) is 10.1 Å². The lowest BCUT2D eigenvalue weighted by atomic mass is 10.0. The fourth-order valence-corrected chi connectivity index (χ4v) is 3.37. The zero-order chi connectivity index (χ0) is 20.3. The number of halogens is 2. The summed E-state index contributed by atoms with van der Waals surface area (Å²) in [5, 5.41) is 13.4. The molecule has 0 radical (unpaired) electrons. The van der Waals surface area contributed by atoms with E-state index in [1.54, 1.807) is 13.0 Å². The van der Waals surface area contributed by atoms with E-state index in [-0.39, 0.29) is 11.3 Å². The number of aliphatic carboxylic acids is 1. The molecule has 0 aliphatic heterocycles. The van der Waals surface area contributed by atoms with Gasteiger partial charge in [0, 0.05) is 15.6 Å². The molecule has 28 heavy (non-hydrogen) atoms. The Morgan fingerprint density at radius 2 is 1.89 bits per heavy atom. The summed E-state index contributed by atoms with van der Waals surface area (Å²) in [5.74, 6) is -2.08. The molecule has 0 bridgehead atoms. The predicted octanol–water partition coefficient (Wildman–Crippen LogP) is 5.87. The van der Waals surface area contributed by atoms with Gasteiger partial charge in [-0.15, -0.1) is 0 Å². The lowest BCUT2D eigenvalue weighted by Gasteiger charge is -2.11. The monoisotopic (exact) mass is 441 g/mol. The number of carbonyl (C=O) groups excluding carboxylic acids is 1. The topological polar surface area (TPSA) is 66.4 Å². The van der Waals surface area contributed by atoms with E-state index in [0.29, 0.717) is 17.5 Å². The molecule has 0 spiro atoms. The van der Waals surface area contributed by atoms with E-state index in [4.69, 9.17) is 5.11 Å². The molecule has 3 rings (SSSR count). The van der Waals surface area contributed by atoms with Crippen molar-refractivity contribution in [1.29, 1.82) is 0 Å². The van der Waals surface area contributed by atoms with E-state index in [1.165, 1.54) is 24.3 Å². The van der Waals surface area contributed by atoms with Crippen LogP contribution in [0, 0.1) is 5.82 Å². The summed E-state index contributed by atoms with van der Waals surface area (Å²) in [4.78, 5) is 24.0. The van der Waals surface area contributed by atoms with Crippen LogP contribution in [0.5, 0.6) is 0 Å². The van der Waals surface area contributed by atoms with Crippen LogP contribution in [0.2, 0.25) is 0 Å². The zero-order valence-electron chi connectivity index (χ0n) is 15.0. The summed E-state index contributed by atoms with van der Waals surface area (Å²) in [6.07, 6.45) is 1.80. The third-order valence-corrected chi connectivity index (χ3v) is 4.76. The Balaban J connectivity index is 1.97. The number of amides is 1. The minimum atomic E-state index is -1.03. The Morgan fingerprint density at radius 1 is 1.14 bits per heavy atom. The van der Waals surface area contributed by atoms with Crippen molar-refractivity contribution in [3.63, 3.8) is 0 Å². The molecule has 4 nitrogen and oxygen atoms in total. The van der Waals surface area contributed by atoms with Gasteiger partial charge in [-0.1, -0.05) is 53.2 Å². The fourth-order valence-electron chi connectivity index (χ4n) is 2.90. The maximum absolute atomic E-state index is 14.3. The standard InChI is InChI=1S/C22H17BrFNO3/c1-2-14(22(27)28)9-13-7-8-19(24)20(10-13)25-21(26)18-12-16(23)11-15-5-3-4-6-17(15)18/h3-12H,2H2,1H3,(H,25,26)(H,27,28). The number of fused-ring (bicyclic) bond motifs is 1. The summed E-state index contributed by atoms with van der Waals surface area (Å²) in [7, 11) is 0. The third-order valence-electron chi connectivity index (χ3n) is 4.31. The van der Waals surface area contributed by atoms with Crippen molar-refractivity contribution < 1.29 is 19.1 Å². The van der Waals surface area contributed by atoms with Crippen LogP contribution in [-0.4, -0.2) is 17.0 Å². The summed E-state index contributed by atoms with van der Waals surface area (Å²) in [6, 6.07) is 15.1. The van der Waals surface area contributed by atoms with E-state index < -0.39 is 17.7 Å². The van der Waals surface area contributed by atoms with E-state index in [0.717, 1.165) is 15.2 Å². The largest absolute Gasteiger partial charge is 0.478 e. The molecule has 2 N–H and O–H groups in total. The molecule has 0 heterocycles. The molecule has 0 aliphatic carbocycles. The van der Waals surface area contributed by atoms with Crippen molar-refractivity contribution in [2.24, 2.45) is 0 Å². The van der Waals surface area contributed by atoms with Crippen LogP contribution >= 0.6 is 15.9 Å². The smallest absolute Gasteiger partial charge is 0.331 e. The highest BCUT2D eigenvalue weighted by Crippen LogP contribution is 2.26. The van der Waals surface area contributed by atoms with Gasteiger partial charge < -0.3 is 10.4 Å². The molecule has 0 saturated carbocycles. The maximum atomic E-state index is 14.3. The molecule has 6 heteroatoms. The van der Waals surface area contributed by atoms with Crippen LogP contribution < -0.4 is 5.32 Å². The van der Waals surface area contributed by atoms with Gasteiger partial charge in [-0.3, -0.25) is 4.79 Å². The number of hydrogen-bond acceptors (Lipinski definition) is 2. The summed E-state index contributed by atoms with van der Waals surface area (Å²) in [6.45, 7) is 1.73. The first-order chi connectivity index (χ1) is 13.4. The van der Waals surface area contributed by atoms with Crippen molar-refractivity contribution in [1.82, 2.24) is 0 Å². The molecule has 3 aromatic carbocycles. The van der Waals surface area contributed by atoms with E-state index in [9.17, 15) is 14.0 Å². The number of carboxylic acids is 1. The van der Waals surface area contributed by atoms with E-state index in [2.05, 4.69) is 21.2 Å². The Morgan fingerprint density at radius 3 is 2.61 bits per heavy atom. The second-order valence-electron chi connectivity index (χ2n) is 6.20. The molecular formula is C22H17BrFNO3. The van der Waals surface area contributed by atoms with E-state index >= 15 is 0 Å². The first-order valence-electron chi connectivity index (χ1n) is 8.62. The lowest BCUT2D eigenvalue weighted by Crippen LogP contribution is -2.13. The minimum Gasteiger partial charge on any atom is -0.478 e. The van der Waals surface area contributed by atoms with Crippen LogP contribution in [0.15, 0.2) is 64.6 Å². The van der Waals surface area contributed by atoms with Gasteiger partial charge >= 0.3 is 5.97 Å². The normalized spacial score (nSPS) is 11.5. The molecule has 1 amide bonds. The Kier molecular flexibility index (Phi) is 5.90. The summed E-state index contributed by atoms with van der Waals surface area (Å²) in [5.41, 5.74) is 1.09. The van der Waals surface area contributed by atoms with Gasteiger partial charge in [-0.05, 0) is 53.1 Å². The zero-order valence-corrected chi connectivity index (χ0v) is 16.6. The SMILES string of the molecule is CCC(=Cc1ccc(F)c(NC(=O)c2cc(Br)cc3ccccc23)c1)C(=O)O. The average Bonchev–Trinajstić information content (AvgIpc) is 2.67. The molecule has 0 unspecified atom stereocenters. The van der Waals surface area contributed by atoms with Crippen LogP contribution in [0.25, 0.3) is 16.8 Å². The van der Waals surface area contributed by atoms with Crippen molar-refractivity contribution in [2.45, 2.75) is 13.3 Å². The molecule has 0 saturated heterocycles. The number of carboxylic acid groups (broad SMARTS) is 1. The second kappa shape index (κ2) is 8.35. The van der Waals surface area contributed by atoms with Gasteiger partial charge in [0.25, 0.3) is 5.91 Å². The Labute approximate surface area is 169 Å². The molecule has 0 aromatic heterocycles. The fraction of sp³-hybridized carbons (Fsp3) is 0.0909. The number of nitrogens with one attached hydrogen (secondary N) is 1. The van der Waals surface area contributed by atoms with Gasteiger partial charge in [0.2, 0.25) is 0 Å². The van der Waals surface area contributed by atoms with Crippen LogP contribution in [-0.2, 0) is 4.79 Å². The van der Waals surface area contributed by atoms with Crippen LogP contribution in [0.3, 0.4) is 0 Å². The molecular weight excluding hydrogens is 425 g/mol. The van der Waals surface area contributed by atoms with Gasteiger partial charge in [0.15, 0.2) is 0 Å². The number of anilines is 1. The number of benzene rings is 3. The molecule has 0 aliphatic rings. The predicted molar refractivity (Wildman–Crippen MR) is 112 cm³/mol. The van der Waals surface area contributed by atoms with Gasteiger partial charge in [-0.25, -0.2) is 9.18 Å². The van der Waals surface area contributed by atoms with Crippen molar-refractivity contribution in [2.75, 3.05) is 5.32 Å². The quantitative estimate of drug-likeness (QED) is 0.486. The van der Waals surface area contributed by atoms with Crippen LogP contribution in [0.1, 0.15) is 29.3 Å².